The summed E-state index contributed by atoms with van der Waals surface area (Å²) >= 11 is 0. The first-order valence-corrected chi connectivity index (χ1v) is 7.71. The molecule has 0 aromatic heterocycles. The molecule has 0 atom stereocenters. The molecule has 2 N–H and O–H groups in total. The van der Waals surface area contributed by atoms with E-state index in [-0.39, 0.29) is 6.54 Å². The minimum Gasteiger partial charge on any atom is -0.398 e. The van der Waals surface area contributed by atoms with Crippen molar-refractivity contribution in [2.24, 2.45) is 0 Å². The lowest BCUT2D eigenvalue weighted by atomic mass is 10.2. The summed E-state index contributed by atoms with van der Waals surface area (Å²) in [6, 6.07) is 14.1. The van der Waals surface area contributed by atoms with E-state index in [9.17, 15) is 8.42 Å². The Balaban J connectivity index is 2.26. The first-order valence-electron chi connectivity index (χ1n) is 6.27. The van der Waals surface area contributed by atoms with Crippen molar-refractivity contribution in [1.82, 2.24) is 4.31 Å². The van der Waals surface area contributed by atoms with Crippen molar-refractivity contribution in [2.75, 3.05) is 12.8 Å². The molecule has 0 heterocycles. The highest BCUT2D eigenvalue weighted by Gasteiger charge is 2.21. The summed E-state index contributed by atoms with van der Waals surface area (Å²) in [5, 5.41) is 0. The van der Waals surface area contributed by atoms with E-state index in [1.807, 2.05) is 25.1 Å². The van der Waals surface area contributed by atoms with Gasteiger partial charge in [-0.15, -0.1) is 0 Å². The lowest BCUT2D eigenvalue weighted by Crippen LogP contribution is -2.26. The van der Waals surface area contributed by atoms with Crippen LogP contribution in [-0.4, -0.2) is 19.8 Å². The minimum absolute atomic E-state index is 0.253. The SMILES string of the molecule is Cc1ccc(S(=O)(=O)N(C)Cc2ccccc2N)cc1. The summed E-state index contributed by atoms with van der Waals surface area (Å²) in [5.41, 5.74) is 8.27. The summed E-state index contributed by atoms with van der Waals surface area (Å²) in [6.07, 6.45) is 0. The smallest absolute Gasteiger partial charge is 0.243 e. The zero-order valence-electron chi connectivity index (χ0n) is 11.6. The molecule has 2 rings (SSSR count). The maximum Gasteiger partial charge on any atom is 0.243 e. The van der Waals surface area contributed by atoms with Crippen LogP contribution in [0.1, 0.15) is 11.1 Å². The second-order valence-electron chi connectivity index (χ2n) is 4.77. The number of aryl methyl sites for hydroxylation is 1. The van der Waals surface area contributed by atoms with Crippen LogP contribution in [-0.2, 0) is 16.6 Å². The Kier molecular flexibility index (Phi) is 4.11. The molecule has 2 aromatic carbocycles. The molecular weight excluding hydrogens is 272 g/mol. The van der Waals surface area contributed by atoms with E-state index in [4.69, 9.17) is 5.73 Å². The highest BCUT2D eigenvalue weighted by atomic mass is 32.2. The van der Waals surface area contributed by atoms with Gasteiger partial charge in [0.1, 0.15) is 0 Å². The van der Waals surface area contributed by atoms with Crippen molar-refractivity contribution in [2.45, 2.75) is 18.4 Å². The van der Waals surface area contributed by atoms with Crippen LogP contribution < -0.4 is 5.73 Å². The van der Waals surface area contributed by atoms with Crippen molar-refractivity contribution < 1.29 is 8.42 Å². The predicted molar refractivity (Wildman–Crippen MR) is 80.7 cm³/mol. The number of anilines is 1. The van der Waals surface area contributed by atoms with Crippen LogP contribution in [0.25, 0.3) is 0 Å². The summed E-state index contributed by atoms with van der Waals surface area (Å²) < 4.78 is 26.2. The maximum atomic E-state index is 12.4. The van der Waals surface area contributed by atoms with E-state index < -0.39 is 10.0 Å². The Morgan fingerprint density at radius 2 is 1.65 bits per heavy atom. The maximum absolute atomic E-state index is 12.4. The van der Waals surface area contributed by atoms with Crippen molar-refractivity contribution in [3.8, 4) is 0 Å². The first-order chi connectivity index (χ1) is 9.41. The van der Waals surface area contributed by atoms with Gasteiger partial charge in [-0.1, -0.05) is 35.9 Å². The van der Waals surface area contributed by atoms with E-state index >= 15 is 0 Å². The molecule has 0 radical (unpaired) electrons. The van der Waals surface area contributed by atoms with E-state index in [1.165, 1.54) is 4.31 Å². The van der Waals surface area contributed by atoms with Gasteiger partial charge in [-0.25, -0.2) is 8.42 Å². The van der Waals surface area contributed by atoms with Crippen molar-refractivity contribution in [3.05, 3.63) is 59.7 Å². The molecular formula is C15H18N2O2S. The van der Waals surface area contributed by atoms with Crippen LogP contribution in [0, 0.1) is 6.92 Å². The molecule has 0 amide bonds. The molecule has 0 aliphatic carbocycles. The molecule has 0 aliphatic rings. The van der Waals surface area contributed by atoms with Gasteiger partial charge in [-0.2, -0.15) is 4.31 Å². The number of rotatable bonds is 4. The van der Waals surface area contributed by atoms with Gasteiger partial charge in [0, 0.05) is 19.3 Å². The fourth-order valence-corrected chi connectivity index (χ4v) is 3.04. The third kappa shape index (κ3) is 3.00. The molecule has 0 aliphatic heterocycles. The number of sulfonamides is 1. The molecule has 2 aromatic rings. The Labute approximate surface area is 119 Å². The zero-order chi connectivity index (χ0) is 14.8. The summed E-state index contributed by atoms with van der Waals surface area (Å²) in [7, 11) is -1.94. The van der Waals surface area contributed by atoms with Gasteiger partial charge >= 0.3 is 0 Å². The number of hydrogen-bond donors (Lipinski definition) is 1. The Hall–Kier alpha value is -1.85. The average molecular weight is 290 g/mol. The van der Waals surface area contributed by atoms with Crippen LogP contribution in [0.15, 0.2) is 53.4 Å². The number of nitrogen functional groups attached to an aromatic ring is 1. The highest BCUT2D eigenvalue weighted by Crippen LogP contribution is 2.19. The second-order valence-corrected chi connectivity index (χ2v) is 6.82. The first kappa shape index (κ1) is 14.6. The second kappa shape index (κ2) is 5.64. The third-order valence-corrected chi connectivity index (χ3v) is 4.99. The Morgan fingerprint density at radius 1 is 1.05 bits per heavy atom. The fraction of sp³-hybridized carbons (Fsp3) is 0.200. The summed E-state index contributed by atoms with van der Waals surface area (Å²) in [4.78, 5) is 0.292. The highest BCUT2D eigenvalue weighted by molar-refractivity contribution is 7.89. The standard InChI is InChI=1S/C15H18N2O2S/c1-12-7-9-14(10-8-12)20(18,19)17(2)11-13-5-3-4-6-15(13)16/h3-10H,11,16H2,1-2H3. The van der Waals surface area contributed by atoms with Gasteiger partial charge in [-0.3, -0.25) is 0 Å². The molecule has 0 spiro atoms. The zero-order valence-corrected chi connectivity index (χ0v) is 12.4. The number of nitrogens with zero attached hydrogens (tertiary/aromatic N) is 1. The predicted octanol–water partition coefficient (Wildman–Crippen LogP) is 2.40. The van der Waals surface area contributed by atoms with E-state index in [0.29, 0.717) is 10.6 Å². The van der Waals surface area contributed by atoms with Crippen LogP contribution in [0.3, 0.4) is 0 Å². The Bertz CT molecular complexity index is 694. The van der Waals surface area contributed by atoms with Crippen LogP contribution in [0.4, 0.5) is 5.69 Å². The number of nitrogens with two attached hydrogens (primary N) is 1. The van der Waals surface area contributed by atoms with Gasteiger partial charge in [0.05, 0.1) is 4.90 Å². The normalized spacial score (nSPS) is 11.8. The molecule has 0 saturated carbocycles. The van der Waals surface area contributed by atoms with Crippen LogP contribution >= 0.6 is 0 Å². The minimum atomic E-state index is -3.49. The fourth-order valence-electron chi connectivity index (χ4n) is 1.89. The summed E-state index contributed by atoms with van der Waals surface area (Å²) in [5.74, 6) is 0. The average Bonchev–Trinajstić information content (AvgIpc) is 2.41. The number of para-hydroxylation sites is 1. The van der Waals surface area contributed by atoms with E-state index in [1.54, 1.807) is 37.4 Å². The van der Waals surface area contributed by atoms with Crippen LogP contribution in [0.2, 0.25) is 0 Å². The molecule has 0 bridgehead atoms. The topological polar surface area (TPSA) is 63.4 Å². The number of hydrogen-bond acceptors (Lipinski definition) is 3. The van der Waals surface area contributed by atoms with E-state index in [2.05, 4.69) is 0 Å². The van der Waals surface area contributed by atoms with E-state index in [0.717, 1.165) is 11.1 Å². The van der Waals surface area contributed by atoms with Gasteiger partial charge in [-0.05, 0) is 30.7 Å². The number of benzene rings is 2. The molecule has 0 fully saturated rings. The van der Waals surface area contributed by atoms with Gasteiger partial charge in [0.15, 0.2) is 0 Å². The molecule has 20 heavy (non-hydrogen) atoms. The third-order valence-electron chi connectivity index (χ3n) is 3.18. The van der Waals surface area contributed by atoms with Gasteiger partial charge < -0.3 is 5.73 Å². The molecule has 106 valence electrons. The van der Waals surface area contributed by atoms with Gasteiger partial charge in [0.25, 0.3) is 0 Å². The Morgan fingerprint density at radius 3 is 2.25 bits per heavy atom. The van der Waals surface area contributed by atoms with Crippen molar-refractivity contribution in [1.29, 1.82) is 0 Å². The molecule has 0 unspecified atom stereocenters. The lowest BCUT2D eigenvalue weighted by molar-refractivity contribution is 0.467. The molecule has 4 nitrogen and oxygen atoms in total. The monoisotopic (exact) mass is 290 g/mol. The lowest BCUT2D eigenvalue weighted by Gasteiger charge is -2.18. The van der Waals surface area contributed by atoms with Gasteiger partial charge in [0.2, 0.25) is 10.0 Å². The molecule has 5 heteroatoms. The summed E-state index contributed by atoms with van der Waals surface area (Å²) in [6.45, 7) is 2.17. The molecule has 0 saturated heterocycles. The van der Waals surface area contributed by atoms with Crippen LogP contribution in [0.5, 0.6) is 0 Å². The van der Waals surface area contributed by atoms with Crippen molar-refractivity contribution >= 4 is 15.7 Å². The largest absolute Gasteiger partial charge is 0.398 e. The van der Waals surface area contributed by atoms with Crippen molar-refractivity contribution in [3.63, 3.8) is 0 Å². The quantitative estimate of drug-likeness (QED) is 0.879.